The average Bonchev–Trinajstić information content (AvgIpc) is 2.47. The van der Waals surface area contributed by atoms with E-state index in [4.69, 9.17) is 0 Å². The van der Waals surface area contributed by atoms with E-state index in [2.05, 4.69) is 24.8 Å². The molecule has 1 atom stereocenters. The summed E-state index contributed by atoms with van der Waals surface area (Å²) in [6.07, 6.45) is 7.55. The Labute approximate surface area is 119 Å². The molecule has 3 heterocycles. The molecule has 0 spiro atoms. The van der Waals surface area contributed by atoms with Crippen LogP contribution >= 0.6 is 0 Å². The highest BCUT2D eigenvalue weighted by molar-refractivity contribution is 5.36. The molecule has 1 saturated heterocycles. The Hall–Kier alpha value is -2.04. The SMILES string of the molecule is Cc1cc(C)nc([C@@H]2CCCN(c3cnccn3)C2)n1. The second-order valence-electron chi connectivity index (χ2n) is 5.36. The molecule has 1 aliphatic rings. The van der Waals surface area contributed by atoms with E-state index in [0.717, 1.165) is 49.0 Å². The molecule has 0 bridgehead atoms. The zero-order valence-corrected chi connectivity index (χ0v) is 12.0. The van der Waals surface area contributed by atoms with Crippen LogP contribution in [0.15, 0.2) is 24.7 Å². The fraction of sp³-hybridized carbons (Fsp3) is 0.467. The predicted molar refractivity (Wildman–Crippen MR) is 77.7 cm³/mol. The molecule has 0 aliphatic carbocycles. The molecular weight excluding hydrogens is 250 g/mol. The molecular formula is C15H19N5. The highest BCUT2D eigenvalue weighted by atomic mass is 15.2. The highest BCUT2D eigenvalue weighted by Gasteiger charge is 2.24. The van der Waals surface area contributed by atoms with Gasteiger partial charge in [-0.05, 0) is 32.8 Å². The second kappa shape index (κ2) is 5.53. The third-order valence-electron chi connectivity index (χ3n) is 3.66. The van der Waals surface area contributed by atoms with E-state index in [-0.39, 0.29) is 0 Å². The largest absolute Gasteiger partial charge is 0.355 e. The molecule has 0 N–H and O–H groups in total. The minimum atomic E-state index is 0.379. The van der Waals surface area contributed by atoms with Crippen molar-refractivity contribution in [3.8, 4) is 0 Å². The van der Waals surface area contributed by atoms with Crippen molar-refractivity contribution in [2.45, 2.75) is 32.6 Å². The van der Waals surface area contributed by atoms with Gasteiger partial charge < -0.3 is 4.90 Å². The van der Waals surface area contributed by atoms with Gasteiger partial charge in [0.1, 0.15) is 11.6 Å². The van der Waals surface area contributed by atoms with Crippen LogP contribution in [0.5, 0.6) is 0 Å². The van der Waals surface area contributed by atoms with E-state index in [1.54, 1.807) is 12.4 Å². The van der Waals surface area contributed by atoms with Crippen molar-refractivity contribution < 1.29 is 0 Å². The molecule has 0 saturated carbocycles. The molecule has 20 heavy (non-hydrogen) atoms. The van der Waals surface area contributed by atoms with Crippen molar-refractivity contribution in [1.29, 1.82) is 0 Å². The molecule has 104 valence electrons. The average molecular weight is 269 g/mol. The Morgan fingerprint density at radius 2 is 1.95 bits per heavy atom. The molecule has 0 aromatic carbocycles. The lowest BCUT2D eigenvalue weighted by molar-refractivity contribution is 0.486. The monoisotopic (exact) mass is 269 g/mol. The first-order chi connectivity index (χ1) is 9.72. The van der Waals surface area contributed by atoms with Crippen LogP contribution in [-0.2, 0) is 0 Å². The predicted octanol–water partition coefficient (Wildman–Crippen LogP) is 2.27. The first-order valence-corrected chi connectivity index (χ1v) is 7.05. The van der Waals surface area contributed by atoms with Crippen molar-refractivity contribution >= 4 is 5.82 Å². The van der Waals surface area contributed by atoms with Crippen LogP contribution in [0.3, 0.4) is 0 Å². The van der Waals surface area contributed by atoms with Gasteiger partial charge in [-0.1, -0.05) is 0 Å². The molecule has 3 rings (SSSR count). The number of anilines is 1. The number of piperidine rings is 1. The summed E-state index contributed by atoms with van der Waals surface area (Å²) in [5, 5.41) is 0. The Balaban J connectivity index is 1.81. The Morgan fingerprint density at radius 1 is 1.15 bits per heavy atom. The van der Waals surface area contributed by atoms with E-state index in [9.17, 15) is 0 Å². The zero-order valence-electron chi connectivity index (χ0n) is 12.0. The molecule has 5 nitrogen and oxygen atoms in total. The first kappa shape index (κ1) is 13.0. The fourth-order valence-electron chi connectivity index (χ4n) is 2.79. The molecule has 2 aromatic heterocycles. The van der Waals surface area contributed by atoms with E-state index in [1.165, 1.54) is 0 Å². The van der Waals surface area contributed by atoms with Gasteiger partial charge in [-0.3, -0.25) is 4.98 Å². The smallest absolute Gasteiger partial charge is 0.147 e. The van der Waals surface area contributed by atoms with Crippen molar-refractivity contribution in [3.63, 3.8) is 0 Å². The van der Waals surface area contributed by atoms with E-state index >= 15 is 0 Å². The summed E-state index contributed by atoms with van der Waals surface area (Å²) in [5.41, 5.74) is 2.09. The van der Waals surface area contributed by atoms with Crippen LogP contribution in [0.1, 0.15) is 36.0 Å². The van der Waals surface area contributed by atoms with Crippen LogP contribution in [0, 0.1) is 13.8 Å². The normalized spacial score (nSPS) is 19.1. The maximum absolute atomic E-state index is 4.61. The lowest BCUT2D eigenvalue weighted by atomic mass is 9.97. The fourth-order valence-corrected chi connectivity index (χ4v) is 2.79. The summed E-state index contributed by atoms with van der Waals surface area (Å²) >= 11 is 0. The lowest BCUT2D eigenvalue weighted by Gasteiger charge is -2.32. The third-order valence-corrected chi connectivity index (χ3v) is 3.66. The van der Waals surface area contributed by atoms with Gasteiger partial charge in [0, 0.05) is 42.8 Å². The van der Waals surface area contributed by atoms with Gasteiger partial charge in [0.15, 0.2) is 0 Å². The summed E-state index contributed by atoms with van der Waals surface area (Å²) in [4.78, 5) is 20.0. The van der Waals surface area contributed by atoms with Crippen molar-refractivity contribution in [3.05, 3.63) is 41.9 Å². The summed E-state index contributed by atoms with van der Waals surface area (Å²) < 4.78 is 0. The molecule has 0 unspecified atom stereocenters. The van der Waals surface area contributed by atoms with Gasteiger partial charge >= 0.3 is 0 Å². The minimum absolute atomic E-state index is 0.379. The maximum Gasteiger partial charge on any atom is 0.147 e. The minimum Gasteiger partial charge on any atom is -0.355 e. The molecule has 1 aliphatic heterocycles. The second-order valence-corrected chi connectivity index (χ2v) is 5.36. The van der Waals surface area contributed by atoms with Gasteiger partial charge in [-0.2, -0.15) is 0 Å². The van der Waals surface area contributed by atoms with Gasteiger partial charge in [-0.15, -0.1) is 0 Å². The highest BCUT2D eigenvalue weighted by Crippen LogP contribution is 2.27. The van der Waals surface area contributed by atoms with Crippen LogP contribution in [0.2, 0.25) is 0 Å². The number of hydrogen-bond donors (Lipinski definition) is 0. The molecule has 5 heteroatoms. The number of rotatable bonds is 2. The van der Waals surface area contributed by atoms with Crippen LogP contribution < -0.4 is 4.90 Å². The van der Waals surface area contributed by atoms with Gasteiger partial charge in [-0.25, -0.2) is 15.0 Å². The molecule has 1 fully saturated rings. The van der Waals surface area contributed by atoms with E-state index in [1.807, 2.05) is 26.1 Å². The number of aryl methyl sites for hydroxylation is 2. The lowest BCUT2D eigenvalue weighted by Crippen LogP contribution is -2.35. The number of aromatic nitrogens is 4. The topological polar surface area (TPSA) is 54.8 Å². The van der Waals surface area contributed by atoms with Crippen molar-refractivity contribution in [2.75, 3.05) is 18.0 Å². The van der Waals surface area contributed by atoms with E-state index < -0.39 is 0 Å². The van der Waals surface area contributed by atoms with Crippen molar-refractivity contribution in [1.82, 2.24) is 19.9 Å². The Morgan fingerprint density at radius 3 is 2.65 bits per heavy atom. The number of hydrogen-bond acceptors (Lipinski definition) is 5. The van der Waals surface area contributed by atoms with Crippen LogP contribution in [0.4, 0.5) is 5.82 Å². The van der Waals surface area contributed by atoms with Crippen LogP contribution in [0.25, 0.3) is 0 Å². The van der Waals surface area contributed by atoms with E-state index in [0.29, 0.717) is 5.92 Å². The standard InChI is InChI=1S/C15H19N5/c1-11-8-12(2)19-15(18-11)13-4-3-7-20(10-13)14-9-16-5-6-17-14/h5-6,8-9,13H,3-4,7,10H2,1-2H3/t13-/m1/s1. The zero-order chi connectivity index (χ0) is 13.9. The third kappa shape index (κ3) is 2.76. The molecule has 0 radical (unpaired) electrons. The van der Waals surface area contributed by atoms with Crippen LogP contribution in [-0.4, -0.2) is 33.0 Å². The first-order valence-electron chi connectivity index (χ1n) is 7.05. The molecule has 0 amide bonds. The Kier molecular flexibility index (Phi) is 3.58. The summed E-state index contributed by atoms with van der Waals surface area (Å²) in [6.45, 7) is 6.00. The number of nitrogens with zero attached hydrogens (tertiary/aromatic N) is 5. The summed E-state index contributed by atoms with van der Waals surface area (Å²) in [7, 11) is 0. The van der Waals surface area contributed by atoms with Gasteiger partial charge in [0.25, 0.3) is 0 Å². The quantitative estimate of drug-likeness (QED) is 0.837. The maximum atomic E-state index is 4.61. The van der Waals surface area contributed by atoms with Gasteiger partial charge in [0.05, 0.1) is 6.20 Å². The van der Waals surface area contributed by atoms with Crippen molar-refractivity contribution in [2.24, 2.45) is 0 Å². The summed E-state index contributed by atoms with van der Waals surface area (Å²) in [5.74, 6) is 2.29. The summed E-state index contributed by atoms with van der Waals surface area (Å²) in [6, 6.07) is 2.02. The Bertz CT molecular complexity index is 564. The molecule has 2 aromatic rings. The van der Waals surface area contributed by atoms with Gasteiger partial charge in [0.2, 0.25) is 0 Å².